The molecule has 0 bridgehead atoms. The molecule has 0 aliphatic carbocycles. The summed E-state index contributed by atoms with van der Waals surface area (Å²) in [4.78, 5) is 34.3. The lowest BCUT2D eigenvalue weighted by Crippen LogP contribution is -2.30. The maximum atomic E-state index is 12.2. The monoisotopic (exact) mass is 301 g/mol. The molecule has 1 heterocycles. The van der Waals surface area contributed by atoms with Crippen LogP contribution < -0.4 is 5.56 Å². The van der Waals surface area contributed by atoms with E-state index in [1.807, 2.05) is 26.0 Å². The summed E-state index contributed by atoms with van der Waals surface area (Å²) in [5.41, 5.74) is 1.82. The second kappa shape index (κ2) is 5.85. The summed E-state index contributed by atoms with van der Waals surface area (Å²) in [5, 5.41) is 18.0. The van der Waals surface area contributed by atoms with Crippen molar-refractivity contribution < 1.29 is 19.8 Å². The standard InChI is InChI=1S/C16H15NO5/c1-9-3-4-11(7-10(9)2)13-6-5-12(16(21)22)15(20)17(13)8-14(18)19/h3-7H,8H2,1-2H3,(H,18,19)(H,21,22). The van der Waals surface area contributed by atoms with Gasteiger partial charge in [-0.15, -0.1) is 0 Å². The van der Waals surface area contributed by atoms with Crippen molar-refractivity contribution in [3.05, 3.63) is 57.4 Å². The highest BCUT2D eigenvalue weighted by Crippen LogP contribution is 2.21. The van der Waals surface area contributed by atoms with Gasteiger partial charge in [-0.2, -0.15) is 0 Å². The number of hydrogen-bond donors (Lipinski definition) is 2. The number of aliphatic carboxylic acids is 1. The molecule has 0 unspecified atom stereocenters. The molecule has 2 rings (SSSR count). The minimum absolute atomic E-state index is 0.375. The fraction of sp³-hybridized carbons (Fsp3) is 0.188. The highest BCUT2D eigenvalue weighted by Gasteiger charge is 2.17. The van der Waals surface area contributed by atoms with Crippen LogP contribution in [0, 0.1) is 13.8 Å². The molecule has 1 aromatic heterocycles. The molecule has 0 atom stereocenters. The normalized spacial score (nSPS) is 10.5. The molecule has 2 aromatic rings. The lowest BCUT2D eigenvalue weighted by molar-refractivity contribution is -0.137. The zero-order valence-electron chi connectivity index (χ0n) is 12.2. The first kappa shape index (κ1) is 15.5. The molecular formula is C16H15NO5. The van der Waals surface area contributed by atoms with Gasteiger partial charge in [0.2, 0.25) is 0 Å². The topological polar surface area (TPSA) is 96.6 Å². The molecule has 22 heavy (non-hydrogen) atoms. The van der Waals surface area contributed by atoms with Crippen LogP contribution in [0.15, 0.2) is 35.1 Å². The third kappa shape index (κ3) is 2.90. The Morgan fingerprint density at radius 3 is 2.27 bits per heavy atom. The van der Waals surface area contributed by atoms with Crippen LogP contribution >= 0.6 is 0 Å². The van der Waals surface area contributed by atoms with Crippen LogP contribution in [0.2, 0.25) is 0 Å². The molecule has 0 aliphatic heterocycles. The van der Waals surface area contributed by atoms with Gasteiger partial charge in [0.15, 0.2) is 0 Å². The fourth-order valence-corrected chi connectivity index (χ4v) is 2.19. The number of aromatic carboxylic acids is 1. The number of aromatic nitrogens is 1. The molecule has 0 fully saturated rings. The SMILES string of the molecule is Cc1ccc(-c2ccc(C(=O)O)c(=O)n2CC(=O)O)cc1C. The second-order valence-electron chi connectivity index (χ2n) is 5.02. The molecule has 6 nitrogen and oxygen atoms in total. The van der Waals surface area contributed by atoms with E-state index in [1.54, 1.807) is 6.07 Å². The number of carboxylic acids is 2. The first-order chi connectivity index (χ1) is 10.3. The molecule has 2 N–H and O–H groups in total. The van der Waals surface area contributed by atoms with Crippen LogP contribution in [0.5, 0.6) is 0 Å². The summed E-state index contributed by atoms with van der Waals surface area (Å²) < 4.78 is 0.968. The molecule has 114 valence electrons. The molecule has 0 saturated heterocycles. The Morgan fingerprint density at radius 1 is 1.05 bits per heavy atom. The van der Waals surface area contributed by atoms with Crippen LogP contribution in [0.25, 0.3) is 11.3 Å². The van der Waals surface area contributed by atoms with Crippen LogP contribution in [-0.2, 0) is 11.3 Å². The summed E-state index contributed by atoms with van der Waals surface area (Å²) in [6.07, 6.45) is 0. The van der Waals surface area contributed by atoms with Crippen molar-refractivity contribution in [2.45, 2.75) is 20.4 Å². The van der Waals surface area contributed by atoms with Gasteiger partial charge in [-0.1, -0.05) is 12.1 Å². The second-order valence-corrected chi connectivity index (χ2v) is 5.02. The van der Waals surface area contributed by atoms with Gasteiger partial charge in [-0.3, -0.25) is 14.2 Å². The largest absolute Gasteiger partial charge is 0.480 e. The van der Waals surface area contributed by atoms with E-state index < -0.39 is 29.6 Å². The molecule has 1 aromatic carbocycles. The highest BCUT2D eigenvalue weighted by molar-refractivity contribution is 5.87. The number of aryl methyl sites for hydroxylation is 2. The third-order valence-corrected chi connectivity index (χ3v) is 3.50. The maximum absolute atomic E-state index is 12.2. The Kier molecular flexibility index (Phi) is 4.12. The highest BCUT2D eigenvalue weighted by atomic mass is 16.4. The number of hydrogen-bond acceptors (Lipinski definition) is 3. The first-order valence-corrected chi connectivity index (χ1v) is 6.58. The van der Waals surface area contributed by atoms with Gasteiger partial charge in [0.25, 0.3) is 5.56 Å². The van der Waals surface area contributed by atoms with E-state index in [0.717, 1.165) is 15.7 Å². The van der Waals surface area contributed by atoms with E-state index in [0.29, 0.717) is 11.3 Å². The number of pyridine rings is 1. The van der Waals surface area contributed by atoms with E-state index in [9.17, 15) is 14.4 Å². The van der Waals surface area contributed by atoms with E-state index in [1.165, 1.54) is 12.1 Å². The Bertz CT molecular complexity index is 820. The first-order valence-electron chi connectivity index (χ1n) is 6.58. The number of benzene rings is 1. The number of nitrogens with zero attached hydrogens (tertiary/aromatic N) is 1. The molecule has 6 heteroatoms. The molecule has 0 aliphatic rings. The minimum atomic E-state index is -1.38. The van der Waals surface area contributed by atoms with Crippen molar-refractivity contribution in [2.24, 2.45) is 0 Å². The Labute approximate surface area is 126 Å². The van der Waals surface area contributed by atoms with Crippen LogP contribution in [-0.4, -0.2) is 26.7 Å². The zero-order chi connectivity index (χ0) is 16.4. The van der Waals surface area contributed by atoms with E-state index in [2.05, 4.69) is 0 Å². The number of carboxylic acid groups (broad SMARTS) is 2. The van der Waals surface area contributed by atoms with Crippen molar-refractivity contribution >= 4 is 11.9 Å². The number of rotatable bonds is 4. The van der Waals surface area contributed by atoms with Crippen LogP contribution in [0.1, 0.15) is 21.5 Å². The zero-order valence-corrected chi connectivity index (χ0v) is 12.2. The molecule has 0 radical (unpaired) electrons. The van der Waals surface area contributed by atoms with E-state index in [4.69, 9.17) is 10.2 Å². The van der Waals surface area contributed by atoms with Crippen LogP contribution in [0.4, 0.5) is 0 Å². The summed E-state index contributed by atoms with van der Waals surface area (Å²) in [6, 6.07) is 8.13. The van der Waals surface area contributed by atoms with Crippen molar-refractivity contribution in [1.29, 1.82) is 0 Å². The summed E-state index contributed by atoms with van der Waals surface area (Å²) >= 11 is 0. The van der Waals surface area contributed by atoms with Gasteiger partial charge in [0, 0.05) is 0 Å². The van der Waals surface area contributed by atoms with Crippen molar-refractivity contribution in [3.8, 4) is 11.3 Å². The van der Waals surface area contributed by atoms with Gasteiger partial charge in [0.1, 0.15) is 12.1 Å². The smallest absolute Gasteiger partial charge is 0.341 e. The Balaban J connectivity index is 2.71. The Morgan fingerprint density at radius 2 is 1.73 bits per heavy atom. The molecule has 0 saturated carbocycles. The summed E-state index contributed by atoms with van der Waals surface area (Å²) in [7, 11) is 0. The Hall–Kier alpha value is -2.89. The van der Waals surface area contributed by atoms with Gasteiger partial charge in [0.05, 0.1) is 5.69 Å². The molecule has 0 spiro atoms. The fourth-order valence-electron chi connectivity index (χ4n) is 2.19. The lowest BCUT2D eigenvalue weighted by Gasteiger charge is -2.13. The van der Waals surface area contributed by atoms with Crippen molar-refractivity contribution in [2.75, 3.05) is 0 Å². The van der Waals surface area contributed by atoms with Crippen molar-refractivity contribution in [3.63, 3.8) is 0 Å². The maximum Gasteiger partial charge on any atom is 0.341 e. The molecular weight excluding hydrogens is 286 g/mol. The third-order valence-electron chi connectivity index (χ3n) is 3.50. The van der Waals surface area contributed by atoms with Crippen molar-refractivity contribution in [1.82, 2.24) is 4.57 Å². The summed E-state index contributed by atoms with van der Waals surface area (Å²) in [6.45, 7) is 3.25. The quantitative estimate of drug-likeness (QED) is 0.899. The average Bonchev–Trinajstić information content (AvgIpc) is 2.43. The molecule has 0 amide bonds. The average molecular weight is 301 g/mol. The predicted octanol–water partition coefficient (Wildman–Crippen LogP) is 1.91. The lowest BCUT2D eigenvalue weighted by atomic mass is 10.0. The van der Waals surface area contributed by atoms with E-state index in [-0.39, 0.29) is 0 Å². The minimum Gasteiger partial charge on any atom is -0.480 e. The van der Waals surface area contributed by atoms with E-state index >= 15 is 0 Å². The number of carbonyl (C=O) groups is 2. The van der Waals surface area contributed by atoms with Crippen LogP contribution in [0.3, 0.4) is 0 Å². The van der Waals surface area contributed by atoms with Gasteiger partial charge < -0.3 is 10.2 Å². The van der Waals surface area contributed by atoms with Gasteiger partial charge in [-0.05, 0) is 48.7 Å². The van der Waals surface area contributed by atoms with Gasteiger partial charge >= 0.3 is 11.9 Å². The summed E-state index contributed by atoms with van der Waals surface area (Å²) in [5.74, 6) is -2.59. The predicted molar refractivity (Wildman–Crippen MR) is 80.2 cm³/mol. The van der Waals surface area contributed by atoms with Gasteiger partial charge in [-0.25, -0.2) is 4.79 Å².